The summed E-state index contributed by atoms with van der Waals surface area (Å²) in [6.07, 6.45) is 3.79. The van der Waals surface area contributed by atoms with Crippen molar-refractivity contribution in [2.24, 2.45) is 0 Å². The van der Waals surface area contributed by atoms with Crippen LogP contribution in [0.5, 0.6) is 11.5 Å². The Kier molecular flexibility index (Phi) is 4.94. The lowest BCUT2D eigenvalue weighted by Crippen LogP contribution is -2.31. The van der Waals surface area contributed by atoms with Crippen LogP contribution in [0.2, 0.25) is 0 Å². The van der Waals surface area contributed by atoms with Gasteiger partial charge in [0, 0.05) is 31.5 Å². The highest BCUT2D eigenvalue weighted by Crippen LogP contribution is 2.32. The van der Waals surface area contributed by atoms with Gasteiger partial charge in [-0.25, -0.2) is 9.66 Å². The van der Waals surface area contributed by atoms with Gasteiger partial charge in [-0.3, -0.25) is 15.0 Å². The van der Waals surface area contributed by atoms with Crippen molar-refractivity contribution in [1.82, 2.24) is 24.3 Å². The highest BCUT2D eigenvalue weighted by Gasteiger charge is 2.14. The standard InChI is InChI=1S/C20H18N6O4S/c1-12(27)23-25-6-5-15-14(18(25)28)10-21-19-22-20(24-26(15)19)31-11-13-3-4-16-17(9-13)30-8-2-7-29-16/h3-6,9-10H,2,7-8,11H2,1H3,(H,23,27). The van der Waals surface area contributed by atoms with E-state index < -0.39 is 0 Å². The van der Waals surface area contributed by atoms with Gasteiger partial charge in [0.1, 0.15) is 0 Å². The number of benzene rings is 1. The summed E-state index contributed by atoms with van der Waals surface area (Å²) in [6.45, 7) is 2.63. The number of aromatic nitrogens is 5. The normalized spacial score (nSPS) is 13.3. The van der Waals surface area contributed by atoms with Crippen molar-refractivity contribution in [2.75, 3.05) is 18.6 Å². The Morgan fingerprint density at radius 2 is 2.06 bits per heavy atom. The van der Waals surface area contributed by atoms with Crippen molar-refractivity contribution < 1.29 is 14.3 Å². The zero-order valence-electron chi connectivity index (χ0n) is 16.6. The number of hydrogen-bond acceptors (Lipinski definition) is 8. The first-order valence-electron chi connectivity index (χ1n) is 9.64. The van der Waals surface area contributed by atoms with Gasteiger partial charge in [-0.1, -0.05) is 17.8 Å². The topological polar surface area (TPSA) is 113 Å². The molecule has 158 valence electrons. The van der Waals surface area contributed by atoms with Crippen LogP contribution in [0.1, 0.15) is 18.9 Å². The third-order valence-electron chi connectivity index (χ3n) is 4.67. The molecule has 31 heavy (non-hydrogen) atoms. The summed E-state index contributed by atoms with van der Waals surface area (Å²) in [7, 11) is 0. The van der Waals surface area contributed by atoms with Crippen LogP contribution in [0, 0.1) is 0 Å². The van der Waals surface area contributed by atoms with Gasteiger partial charge in [0.2, 0.25) is 11.1 Å². The second-order valence-electron chi connectivity index (χ2n) is 6.94. The molecule has 10 nitrogen and oxygen atoms in total. The van der Waals surface area contributed by atoms with E-state index in [0.717, 1.165) is 28.2 Å². The van der Waals surface area contributed by atoms with Crippen molar-refractivity contribution >= 4 is 34.3 Å². The van der Waals surface area contributed by atoms with Crippen LogP contribution in [-0.2, 0) is 10.5 Å². The number of carbonyl (C=O) groups excluding carboxylic acids is 1. The van der Waals surface area contributed by atoms with Crippen molar-refractivity contribution in [1.29, 1.82) is 0 Å². The SMILES string of the molecule is CC(=O)Nn1ccc2c(cnc3nc(SCc4ccc5c(c4)OCCCO5)nn32)c1=O. The predicted octanol–water partition coefficient (Wildman–Crippen LogP) is 1.98. The van der Waals surface area contributed by atoms with Crippen LogP contribution in [0.15, 0.2) is 46.6 Å². The summed E-state index contributed by atoms with van der Waals surface area (Å²) < 4.78 is 14.1. The van der Waals surface area contributed by atoms with Crippen LogP contribution >= 0.6 is 11.8 Å². The van der Waals surface area contributed by atoms with E-state index in [9.17, 15) is 9.59 Å². The van der Waals surface area contributed by atoms with E-state index in [1.807, 2.05) is 18.2 Å². The fourth-order valence-electron chi connectivity index (χ4n) is 3.27. The first-order chi connectivity index (χ1) is 15.1. The summed E-state index contributed by atoms with van der Waals surface area (Å²) >= 11 is 1.46. The van der Waals surface area contributed by atoms with E-state index in [1.54, 1.807) is 6.07 Å². The van der Waals surface area contributed by atoms with Crippen molar-refractivity contribution in [3.63, 3.8) is 0 Å². The first kappa shape index (κ1) is 19.4. The minimum Gasteiger partial charge on any atom is -0.490 e. The maximum Gasteiger partial charge on any atom is 0.280 e. The highest BCUT2D eigenvalue weighted by molar-refractivity contribution is 7.98. The largest absolute Gasteiger partial charge is 0.490 e. The number of pyridine rings is 1. The maximum atomic E-state index is 12.6. The van der Waals surface area contributed by atoms with E-state index in [1.165, 1.54) is 35.6 Å². The Balaban J connectivity index is 1.41. The molecule has 4 aromatic rings. The lowest BCUT2D eigenvalue weighted by Gasteiger charge is -2.08. The van der Waals surface area contributed by atoms with Gasteiger partial charge in [-0.15, -0.1) is 5.10 Å². The molecule has 0 radical (unpaired) electrons. The lowest BCUT2D eigenvalue weighted by atomic mass is 10.2. The molecule has 0 aliphatic carbocycles. The monoisotopic (exact) mass is 438 g/mol. The fourth-order valence-corrected chi connectivity index (χ4v) is 4.03. The minimum absolute atomic E-state index is 0.327. The smallest absolute Gasteiger partial charge is 0.280 e. The number of carbonyl (C=O) groups is 1. The molecule has 1 amide bonds. The van der Waals surface area contributed by atoms with E-state index in [2.05, 4.69) is 20.5 Å². The summed E-state index contributed by atoms with van der Waals surface area (Å²) in [5.74, 6) is 2.20. The molecule has 1 aromatic carbocycles. The number of fused-ring (bicyclic) bond motifs is 4. The number of ether oxygens (including phenoxy) is 2. The molecule has 1 aliphatic rings. The Hall–Kier alpha value is -3.60. The van der Waals surface area contributed by atoms with Gasteiger partial charge in [-0.2, -0.15) is 9.50 Å². The van der Waals surface area contributed by atoms with Crippen molar-refractivity contribution in [2.45, 2.75) is 24.3 Å². The first-order valence-corrected chi connectivity index (χ1v) is 10.6. The Morgan fingerprint density at radius 3 is 2.90 bits per heavy atom. The van der Waals surface area contributed by atoms with E-state index in [4.69, 9.17) is 9.47 Å². The zero-order valence-corrected chi connectivity index (χ0v) is 17.4. The average molecular weight is 438 g/mol. The van der Waals surface area contributed by atoms with Gasteiger partial charge in [0.15, 0.2) is 11.5 Å². The van der Waals surface area contributed by atoms with Gasteiger partial charge >= 0.3 is 0 Å². The molecule has 5 rings (SSSR count). The number of nitrogens with zero attached hydrogens (tertiary/aromatic N) is 5. The third kappa shape index (κ3) is 3.79. The fraction of sp³-hybridized carbons (Fsp3) is 0.250. The number of rotatable bonds is 4. The second kappa shape index (κ2) is 7.91. The highest BCUT2D eigenvalue weighted by atomic mass is 32.2. The molecule has 1 N–H and O–H groups in total. The Labute approximate surface area is 180 Å². The number of nitrogens with one attached hydrogen (secondary N) is 1. The third-order valence-corrected chi connectivity index (χ3v) is 5.58. The van der Waals surface area contributed by atoms with Gasteiger partial charge in [-0.05, 0) is 23.8 Å². The molecule has 0 atom stereocenters. The average Bonchev–Trinajstić information content (AvgIpc) is 3.04. The summed E-state index contributed by atoms with van der Waals surface area (Å²) in [4.78, 5) is 32.6. The van der Waals surface area contributed by atoms with Crippen LogP contribution in [0.25, 0.3) is 16.7 Å². The van der Waals surface area contributed by atoms with E-state index in [-0.39, 0.29) is 11.5 Å². The van der Waals surface area contributed by atoms with Crippen LogP contribution in [-0.4, -0.2) is 43.4 Å². The second-order valence-corrected chi connectivity index (χ2v) is 7.88. The number of hydrogen-bond donors (Lipinski definition) is 1. The maximum absolute atomic E-state index is 12.6. The zero-order chi connectivity index (χ0) is 21.4. The summed E-state index contributed by atoms with van der Waals surface area (Å²) in [6, 6.07) is 7.58. The molecule has 1 aliphatic heterocycles. The molecule has 0 unspecified atom stereocenters. The lowest BCUT2D eigenvalue weighted by molar-refractivity contribution is -0.115. The van der Waals surface area contributed by atoms with Crippen LogP contribution in [0.4, 0.5) is 0 Å². The molecule has 0 bridgehead atoms. The van der Waals surface area contributed by atoms with E-state index >= 15 is 0 Å². The summed E-state index contributed by atoms with van der Waals surface area (Å²) in [5.41, 5.74) is 3.68. The number of amides is 1. The number of thioether (sulfide) groups is 1. The van der Waals surface area contributed by atoms with E-state index in [0.29, 0.717) is 40.8 Å². The molecule has 0 saturated carbocycles. The molecule has 0 saturated heterocycles. The summed E-state index contributed by atoms with van der Waals surface area (Å²) in [5, 5.41) is 5.37. The van der Waals surface area contributed by atoms with Crippen molar-refractivity contribution in [3.05, 3.63) is 52.6 Å². The van der Waals surface area contributed by atoms with Gasteiger partial charge < -0.3 is 9.47 Å². The molecule has 3 aromatic heterocycles. The predicted molar refractivity (Wildman–Crippen MR) is 114 cm³/mol. The Bertz CT molecular complexity index is 1370. The minimum atomic E-state index is -0.390. The molecule has 11 heteroatoms. The van der Waals surface area contributed by atoms with Crippen LogP contribution < -0.4 is 20.5 Å². The van der Waals surface area contributed by atoms with Gasteiger partial charge in [0.05, 0.1) is 24.1 Å². The quantitative estimate of drug-likeness (QED) is 0.482. The molecular formula is C20H18N6O4S. The van der Waals surface area contributed by atoms with Gasteiger partial charge in [0.25, 0.3) is 11.3 Å². The van der Waals surface area contributed by atoms with Crippen molar-refractivity contribution in [3.8, 4) is 11.5 Å². The molecule has 0 spiro atoms. The Morgan fingerprint density at radius 1 is 1.23 bits per heavy atom. The van der Waals surface area contributed by atoms with Crippen LogP contribution in [0.3, 0.4) is 0 Å². The molecular weight excluding hydrogens is 420 g/mol. The molecule has 0 fully saturated rings. The molecule has 4 heterocycles.